The van der Waals surface area contributed by atoms with Crippen molar-refractivity contribution in [3.05, 3.63) is 56.3 Å². The van der Waals surface area contributed by atoms with Gasteiger partial charge in [-0.2, -0.15) is 5.10 Å². The number of nitrogens with zero attached hydrogens (tertiary/aromatic N) is 3. The van der Waals surface area contributed by atoms with Crippen LogP contribution in [0, 0.1) is 10.1 Å². The molecule has 2 heterocycles. The lowest BCUT2D eigenvalue weighted by molar-refractivity contribution is -0.385. The lowest BCUT2D eigenvalue weighted by atomic mass is 9.99. The van der Waals surface area contributed by atoms with Crippen molar-refractivity contribution < 1.29 is 14.8 Å². The molecule has 0 saturated heterocycles. The van der Waals surface area contributed by atoms with Crippen LogP contribution in [0.1, 0.15) is 36.2 Å². The van der Waals surface area contributed by atoms with Gasteiger partial charge in [0.1, 0.15) is 5.75 Å². The number of benzene rings is 1. The quantitative estimate of drug-likeness (QED) is 0.678. The molecule has 1 aromatic heterocycles. The van der Waals surface area contributed by atoms with Gasteiger partial charge in [-0.3, -0.25) is 14.9 Å². The lowest BCUT2D eigenvalue weighted by Gasteiger charge is -2.22. The largest absolute Gasteiger partial charge is 0.507 e. The van der Waals surface area contributed by atoms with E-state index in [1.165, 1.54) is 28.5 Å². The molecule has 0 saturated carbocycles. The van der Waals surface area contributed by atoms with Crippen LogP contribution < -0.4 is 0 Å². The molecular formula is C16H15N3O4S. The molecule has 1 unspecified atom stereocenters. The summed E-state index contributed by atoms with van der Waals surface area (Å²) in [6, 6.07) is 7.29. The van der Waals surface area contributed by atoms with Gasteiger partial charge in [0.15, 0.2) is 0 Å². The first-order valence-electron chi connectivity index (χ1n) is 7.42. The maximum absolute atomic E-state index is 12.2. The first-order valence-corrected chi connectivity index (χ1v) is 8.30. The van der Waals surface area contributed by atoms with Crippen molar-refractivity contribution in [2.24, 2.45) is 5.10 Å². The van der Waals surface area contributed by atoms with E-state index in [1.807, 2.05) is 17.5 Å². The summed E-state index contributed by atoms with van der Waals surface area (Å²) in [6.07, 6.45) is 0.739. The van der Waals surface area contributed by atoms with Crippen molar-refractivity contribution in [2.75, 3.05) is 0 Å². The van der Waals surface area contributed by atoms with Crippen LogP contribution >= 0.6 is 11.3 Å². The third kappa shape index (κ3) is 2.88. The molecule has 0 spiro atoms. The molecule has 1 aliphatic heterocycles. The second-order valence-corrected chi connectivity index (χ2v) is 6.28. The van der Waals surface area contributed by atoms with Gasteiger partial charge < -0.3 is 5.11 Å². The van der Waals surface area contributed by atoms with E-state index in [0.29, 0.717) is 12.0 Å². The number of hydrogen-bond acceptors (Lipinski definition) is 6. The number of hydrazone groups is 1. The van der Waals surface area contributed by atoms with Crippen molar-refractivity contribution in [3.63, 3.8) is 0 Å². The third-order valence-corrected chi connectivity index (χ3v) is 4.78. The number of nitro groups is 1. The van der Waals surface area contributed by atoms with Gasteiger partial charge in [0.25, 0.3) is 5.69 Å². The number of phenols is 1. The highest BCUT2D eigenvalue weighted by Crippen LogP contribution is 2.39. The number of rotatable bonds is 4. The molecule has 1 aromatic carbocycles. The number of carbonyl (C=O) groups is 1. The van der Waals surface area contributed by atoms with Gasteiger partial charge in [-0.1, -0.05) is 13.0 Å². The molecule has 3 rings (SSSR count). The van der Waals surface area contributed by atoms with Gasteiger partial charge in [-0.05, 0) is 17.5 Å². The van der Waals surface area contributed by atoms with E-state index in [4.69, 9.17) is 0 Å². The third-order valence-electron chi connectivity index (χ3n) is 3.86. The summed E-state index contributed by atoms with van der Waals surface area (Å²) < 4.78 is 0. The molecule has 7 nitrogen and oxygen atoms in total. The Morgan fingerprint density at radius 1 is 1.50 bits per heavy atom. The van der Waals surface area contributed by atoms with Crippen LogP contribution in [0.2, 0.25) is 0 Å². The van der Waals surface area contributed by atoms with Crippen LogP contribution in [0.15, 0.2) is 40.8 Å². The van der Waals surface area contributed by atoms with Gasteiger partial charge >= 0.3 is 0 Å². The second-order valence-electron chi connectivity index (χ2n) is 5.34. The molecule has 1 amide bonds. The van der Waals surface area contributed by atoms with Crippen molar-refractivity contribution in [3.8, 4) is 5.75 Å². The molecule has 0 radical (unpaired) electrons. The Morgan fingerprint density at radius 2 is 2.29 bits per heavy atom. The first kappa shape index (κ1) is 16.1. The Morgan fingerprint density at radius 3 is 2.88 bits per heavy atom. The van der Waals surface area contributed by atoms with Crippen molar-refractivity contribution >= 4 is 28.6 Å². The van der Waals surface area contributed by atoms with Gasteiger partial charge in [0.05, 0.1) is 27.6 Å². The molecule has 0 fully saturated rings. The fourth-order valence-corrected chi connectivity index (χ4v) is 3.38. The molecule has 0 aliphatic carbocycles. The molecular weight excluding hydrogens is 330 g/mol. The maximum Gasteiger partial charge on any atom is 0.273 e. The van der Waals surface area contributed by atoms with E-state index >= 15 is 0 Å². The highest BCUT2D eigenvalue weighted by Gasteiger charge is 2.34. The highest BCUT2D eigenvalue weighted by atomic mass is 32.1. The Balaban J connectivity index is 1.97. The summed E-state index contributed by atoms with van der Waals surface area (Å²) in [7, 11) is 0. The molecule has 0 bridgehead atoms. The van der Waals surface area contributed by atoms with E-state index < -0.39 is 11.0 Å². The monoisotopic (exact) mass is 345 g/mol. The number of hydrogen-bond donors (Lipinski definition) is 1. The number of nitro benzene ring substituents is 1. The van der Waals surface area contributed by atoms with Crippen molar-refractivity contribution in [2.45, 2.75) is 25.8 Å². The van der Waals surface area contributed by atoms with Gasteiger partial charge in [-0.25, -0.2) is 5.01 Å². The summed E-state index contributed by atoms with van der Waals surface area (Å²) >= 11 is 1.53. The number of thiophene rings is 1. The van der Waals surface area contributed by atoms with E-state index in [1.54, 1.807) is 6.92 Å². The zero-order valence-corrected chi connectivity index (χ0v) is 13.7. The smallest absolute Gasteiger partial charge is 0.273 e. The van der Waals surface area contributed by atoms with Gasteiger partial charge in [-0.15, -0.1) is 11.3 Å². The molecule has 24 heavy (non-hydrogen) atoms. The topological polar surface area (TPSA) is 96.0 Å². The fraction of sp³-hybridized carbons (Fsp3) is 0.250. The normalized spacial score (nSPS) is 17.0. The Hall–Kier alpha value is -2.74. The summed E-state index contributed by atoms with van der Waals surface area (Å²) in [5.74, 6) is -0.366. The summed E-state index contributed by atoms with van der Waals surface area (Å²) in [4.78, 5) is 23.4. The Labute approximate surface area is 142 Å². The minimum absolute atomic E-state index is 0.163. The molecule has 1 N–H and O–H groups in total. The predicted molar refractivity (Wildman–Crippen MR) is 90.1 cm³/mol. The minimum Gasteiger partial charge on any atom is -0.507 e. The highest BCUT2D eigenvalue weighted by molar-refractivity contribution is 7.12. The van der Waals surface area contributed by atoms with Gasteiger partial charge in [0, 0.05) is 24.5 Å². The maximum atomic E-state index is 12.2. The summed E-state index contributed by atoms with van der Waals surface area (Å²) in [5.41, 5.74) is 1.04. The Bertz CT molecular complexity index is 817. The Kier molecular flexibility index (Phi) is 4.30. The van der Waals surface area contributed by atoms with Crippen LogP contribution in [-0.4, -0.2) is 26.7 Å². The van der Waals surface area contributed by atoms with E-state index in [9.17, 15) is 20.0 Å². The SMILES string of the molecule is CCC(=O)N1N=C(c2cccs2)CC1c1ccc([N+](=O)[O-])cc1O. The number of amides is 1. The van der Waals surface area contributed by atoms with Crippen LogP contribution in [0.5, 0.6) is 5.75 Å². The lowest BCUT2D eigenvalue weighted by Crippen LogP contribution is -2.26. The van der Waals surface area contributed by atoms with Gasteiger partial charge in [0.2, 0.25) is 5.91 Å². The average molecular weight is 345 g/mol. The van der Waals surface area contributed by atoms with Crippen LogP contribution in [0.25, 0.3) is 0 Å². The number of non-ortho nitro benzene ring substituents is 1. The molecule has 124 valence electrons. The van der Waals surface area contributed by atoms with Crippen molar-refractivity contribution in [1.82, 2.24) is 5.01 Å². The fourth-order valence-electron chi connectivity index (χ4n) is 2.66. The van der Waals surface area contributed by atoms with E-state index in [0.717, 1.165) is 16.7 Å². The standard InChI is InChI=1S/C16H15N3O4S/c1-2-16(21)18-13(9-12(17-18)15-4-3-7-24-15)11-6-5-10(19(22)23)8-14(11)20/h3-8,13,20H,2,9H2,1H3. The van der Waals surface area contributed by atoms with E-state index in [-0.39, 0.29) is 23.8 Å². The number of phenolic OH excluding ortho intramolecular Hbond substituents is 1. The molecule has 1 aliphatic rings. The van der Waals surface area contributed by atoms with E-state index in [2.05, 4.69) is 5.10 Å². The van der Waals surface area contributed by atoms with Crippen LogP contribution in [0.3, 0.4) is 0 Å². The van der Waals surface area contributed by atoms with Crippen LogP contribution in [-0.2, 0) is 4.79 Å². The molecule has 8 heteroatoms. The van der Waals surface area contributed by atoms with Crippen LogP contribution in [0.4, 0.5) is 5.69 Å². The summed E-state index contributed by atoms with van der Waals surface area (Å²) in [5, 5.41) is 28.7. The zero-order chi connectivity index (χ0) is 17.3. The predicted octanol–water partition coefficient (Wildman–Crippen LogP) is 3.45. The van der Waals surface area contributed by atoms with Crippen molar-refractivity contribution in [1.29, 1.82) is 0 Å². The first-order chi connectivity index (χ1) is 11.5. The number of carbonyl (C=O) groups excluding carboxylic acids is 1. The zero-order valence-electron chi connectivity index (χ0n) is 12.9. The molecule has 2 aromatic rings. The number of aromatic hydroxyl groups is 1. The second kappa shape index (κ2) is 6.40. The summed E-state index contributed by atoms with van der Waals surface area (Å²) in [6.45, 7) is 1.74. The minimum atomic E-state index is -0.569. The average Bonchev–Trinajstić information content (AvgIpc) is 3.23. The molecule has 1 atom stereocenters.